The van der Waals surface area contributed by atoms with Gasteiger partial charge < -0.3 is 10.6 Å². The molecule has 0 saturated carbocycles. The van der Waals surface area contributed by atoms with Crippen LogP contribution in [-0.2, 0) is 4.84 Å². The molecule has 0 aliphatic heterocycles. The van der Waals surface area contributed by atoms with Crippen molar-refractivity contribution in [1.82, 2.24) is 0 Å². The number of oxime groups is 1. The van der Waals surface area contributed by atoms with Crippen LogP contribution in [0.3, 0.4) is 0 Å². The largest absolute Gasteiger partial charge is 0.399 e. The zero-order valence-electron chi connectivity index (χ0n) is 6.50. The maximum absolute atomic E-state index is 5.54. The second-order valence-corrected chi connectivity index (χ2v) is 3.04. The van der Waals surface area contributed by atoms with Gasteiger partial charge in [-0.1, -0.05) is 5.16 Å². The Morgan fingerprint density at radius 2 is 2.45 bits per heavy atom. The van der Waals surface area contributed by atoms with Crippen LogP contribution in [0.2, 0.25) is 0 Å². The Morgan fingerprint density at radius 1 is 1.73 bits per heavy atom. The van der Waals surface area contributed by atoms with Crippen LogP contribution in [0.15, 0.2) is 16.6 Å². The van der Waals surface area contributed by atoms with Crippen LogP contribution in [0, 0.1) is 0 Å². The molecule has 4 heteroatoms. The van der Waals surface area contributed by atoms with Gasteiger partial charge >= 0.3 is 0 Å². The topological polar surface area (TPSA) is 47.6 Å². The summed E-state index contributed by atoms with van der Waals surface area (Å²) < 4.78 is 0. The summed E-state index contributed by atoms with van der Waals surface area (Å²) in [5.74, 6) is 0. The molecule has 0 atom stereocenters. The molecule has 0 amide bonds. The van der Waals surface area contributed by atoms with Gasteiger partial charge in [0.05, 0.1) is 10.7 Å². The molecule has 1 heterocycles. The van der Waals surface area contributed by atoms with Gasteiger partial charge in [-0.05, 0) is 13.0 Å². The monoisotopic (exact) mass is 170 g/mol. The molecule has 0 aliphatic rings. The maximum atomic E-state index is 5.54. The normalized spacial score (nSPS) is 11.6. The highest BCUT2D eigenvalue weighted by Crippen LogP contribution is 2.16. The average molecular weight is 170 g/mol. The van der Waals surface area contributed by atoms with E-state index in [1.807, 2.05) is 18.4 Å². The second kappa shape index (κ2) is 3.39. The fraction of sp³-hybridized carbons (Fsp3) is 0.286. The Bertz CT molecular complexity index is 267. The molecule has 0 radical (unpaired) electrons. The van der Waals surface area contributed by atoms with Crippen LogP contribution in [-0.4, -0.2) is 12.8 Å². The predicted molar refractivity (Wildman–Crippen MR) is 48.0 cm³/mol. The highest BCUT2D eigenvalue weighted by molar-refractivity contribution is 7.14. The first-order valence-electron chi connectivity index (χ1n) is 3.16. The zero-order valence-corrected chi connectivity index (χ0v) is 7.31. The van der Waals surface area contributed by atoms with Crippen LogP contribution < -0.4 is 5.73 Å². The van der Waals surface area contributed by atoms with Gasteiger partial charge in [0.2, 0.25) is 0 Å². The molecule has 1 aromatic rings. The van der Waals surface area contributed by atoms with E-state index in [1.54, 1.807) is 0 Å². The number of hydrogen-bond acceptors (Lipinski definition) is 4. The number of nitrogens with zero attached hydrogens (tertiary/aromatic N) is 1. The summed E-state index contributed by atoms with van der Waals surface area (Å²) in [6.07, 6.45) is 0. The van der Waals surface area contributed by atoms with Crippen LogP contribution in [0.25, 0.3) is 0 Å². The number of thiophene rings is 1. The summed E-state index contributed by atoms with van der Waals surface area (Å²) in [6.45, 7) is 1.88. The van der Waals surface area contributed by atoms with Gasteiger partial charge in [0.15, 0.2) is 0 Å². The average Bonchev–Trinajstić information content (AvgIpc) is 2.36. The lowest BCUT2D eigenvalue weighted by Crippen LogP contribution is -1.92. The number of hydrogen-bond donors (Lipinski definition) is 1. The van der Waals surface area contributed by atoms with E-state index < -0.39 is 0 Å². The standard InChI is InChI=1S/C7H10N2OS/c1-5(9-10-2)6-3-7(8)11-4-6/h3-4H,8H2,1-2H3. The Balaban J connectivity index is 2.84. The Morgan fingerprint density at radius 3 is 2.91 bits per heavy atom. The van der Waals surface area contributed by atoms with Crippen molar-refractivity contribution in [2.45, 2.75) is 6.92 Å². The molecule has 0 saturated heterocycles. The minimum Gasteiger partial charge on any atom is -0.399 e. The number of nitrogens with two attached hydrogens (primary N) is 1. The second-order valence-electron chi connectivity index (χ2n) is 2.10. The fourth-order valence-electron chi connectivity index (χ4n) is 0.732. The summed E-state index contributed by atoms with van der Waals surface area (Å²) in [4.78, 5) is 4.62. The molecule has 0 bridgehead atoms. The molecule has 0 aromatic carbocycles. The van der Waals surface area contributed by atoms with Crippen molar-refractivity contribution in [2.24, 2.45) is 5.16 Å². The van der Waals surface area contributed by atoms with E-state index in [0.29, 0.717) is 0 Å². The molecule has 0 unspecified atom stereocenters. The first-order chi connectivity index (χ1) is 5.24. The zero-order chi connectivity index (χ0) is 8.27. The quantitative estimate of drug-likeness (QED) is 0.542. The van der Waals surface area contributed by atoms with Crippen molar-refractivity contribution in [3.05, 3.63) is 17.0 Å². The summed E-state index contributed by atoms with van der Waals surface area (Å²) in [6, 6.07) is 1.88. The first-order valence-corrected chi connectivity index (χ1v) is 4.04. The SMILES string of the molecule is CON=C(C)c1csc(N)c1. The lowest BCUT2D eigenvalue weighted by Gasteiger charge is -1.92. The molecule has 0 fully saturated rings. The van der Waals surface area contributed by atoms with Gasteiger partial charge in [0.25, 0.3) is 0 Å². The van der Waals surface area contributed by atoms with Gasteiger partial charge in [-0.2, -0.15) is 0 Å². The lowest BCUT2D eigenvalue weighted by molar-refractivity contribution is 0.213. The van der Waals surface area contributed by atoms with Gasteiger partial charge in [-0.25, -0.2) is 0 Å². The Kier molecular flexibility index (Phi) is 2.48. The third kappa shape index (κ3) is 1.94. The van der Waals surface area contributed by atoms with Crippen molar-refractivity contribution < 1.29 is 4.84 Å². The van der Waals surface area contributed by atoms with Gasteiger partial charge in [-0.15, -0.1) is 11.3 Å². The van der Waals surface area contributed by atoms with E-state index in [2.05, 4.69) is 9.99 Å². The third-order valence-corrected chi connectivity index (χ3v) is 2.03. The Labute approximate surface area is 69.5 Å². The van der Waals surface area contributed by atoms with E-state index >= 15 is 0 Å². The number of nitrogen functional groups attached to an aromatic ring is 1. The molecule has 3 nitrogen and oxygen atoms in total. The van der Waals surface area contributed by atoms with Gasteiger partial charge in [0.1, 0.15) is 7.11 Å². The minimum absolute atomic E-state index is 0.797. The van der Waals surface area contributed by atoms with E-state index in [0.717, 1.165) is 16.3 Å². The van der Waals surface area contributed by atoms with Crippen LogP contribution in [0.5, 0.6) is 0 Å². The van der Waals surface area contributed by atoms with E-state index in [-0.39, 0.29) is 0 Å². The fourth-order valence-corrected chi connectivity index (χ4v) is 1.43. The van der Waals surface area contributed by atoms with Crippen LogP contribution in [0.4, 0.5) is 5.00 Å². The molecule has 1 aromatic heterocycles. The minimum atomic E-state index is 0.797. The molecule has 2 N–H and O–H groups in total. The van der Waals surface area contributed by atoms with Crippen molar-refractivity contribution in [3.63, 3.8) is 0 Å². The van der Waals surface area contributed by atoms with Crippen molar-refractivity contribution in [3.8, 4) is 0 Å². The molecular formula is C7H10N2OS. The first kappa shape index (κ1) is 8.07. The smallest absolute Gasteiger partial charge is 0.106 e. The Hall–Kier alpha value is -1.03. The van der Waals surface area contributed by atoms with E-state index in [1.165, 1.54) is 18.4 Å². The lowest BCUT2D eigenvalue weighted by atomic mass is 10.2. The third-order valence-electron chi connectivity index (χ3n) is 1.27. The molecule has 60 valence electrons. The van der Waals surface area contributed by atoms with Crippen LogP contribution in [0.1, 0.15) is 12.5 Å². The molecule has 1 rings (SSSR count). The van der Waals surface area contributed by atoms with Crippen LogP contribution >= 0.6 is 11.3 Å². The summed E-state index contributed by atoms with van der Waals surface area (Å²) in [7, 11) is 1.53. The van der Waals surface area contributed by atoms with E-state index in [4.69, 9.17) is 5.73 Å². The molecule has 0 spiro atoms. The van der Waals surface area contributed by atoms with Gasteiger partial charge in [0, 0.05) is 10.9 Å². The van der Waals surface area contributed by atoms with Crippen molar-refractivity contribution in [1.29, 1.82) is 0 Å². The highest BCUT2D eigenvalue weighted by Gasteiger charge is 1.99. The predicted octanol–water partition coefficient (Wildman–Crippen LogP) is 1.70. The van der Waals surface area contributed by atoms with Crippen molar-refractivity contribution >= 4 is 22.0 Å². The summed E-state index contributed by atoms with van der Waals surface area (Å²) >= 11 is 1.50. The number of rotatable bonds is 2. The number of anilines is 1. The molecule has 11 heavy (non-hydrogen) atoms. The molecular weight excluding hydrogens is 160 g/mol. The highest BCUT2D eigenvalue weighted by atomic mass is 32.1. The van der Waals surface area contributed by atoms with E-state index in [9.17, 15) is 0 Å². The molecule has 0 aliphatic carbocycles. The maximum Gasteiger partial charge on any atom is 0.106 e. The van der Waals surface area contributed by atoms with Crippen molar-refractivity contribution in [2.75, 3.05) is 12.8 Å². The summed E-state index contributed by atoms with van der Waals surface area (Å²) in [5.41, 5.74) is 7.41. The van der Waals surface area contributed by atoms with Gasteiger partial charge in [-0.3, -0.25) is 0 Å². The summed E-state index contributed by atoms with van der Waals surface area (Å²) in [5, 5.41) is 6.52.